The van der Waals surface area contributed by atoms with Crippen molar-refractivity contribution in [3.63, 3.8) is 0 Å². The van der Waals surface area contributed by atoms with E-state index < -0.39 is 0 Å². The second-order valence-corrected chi connectivity index (χ2v) is 7.14. The van der Waals surface area contributed by atoms with Gasteiger partial charge in [-0.25, -0.2) is 0 Å². The van der Waals surface area contributed by atoms with Gasteiger partial charge < -0.3 is 15.1 Å². The number of rotatable bonds is 8. The number of nitrogens with one attached hydrogen (secondary N) is 1. The van der Waals surface area contributed by atoms with E-state index in [9.17, 15) is 9.59 Å². The third kappa shape index (κ3) is 4.97. The molecule has 2 rings (SSSR count). The average Bonchev–Trinajstić information content (AvgIpc) is 3.43. The zero-order valence-electron chi connectivity index (χ0n) is 16.1. The van der Waals surface area contributed by atoms with E-state index in [0.29, 0.717) is 13.0 Å². The fourth-order valence-corrected chi connectivity index (χ4v) is 2.90. The Labute approximate surface area is 151 Å². The first-order valence-electron chi connectivity index (χ1n) is 9.27. The van der Waals surface area contributed by atoms with E-state index in [1.807, 2.05) is 44.1 Å². The molecule has 1 fully saturated rings. The lowest BCUT2D eigenvalue weighted by molar-refractivity contribution is -0.135. The predicted molar refractivity (Wildman–Crippen MR) is 103 cm³/mol. The van der Waals surface area contributed by atoms with E-state index in [0.717, 1.165) is 36.2 Å². The second-order valence-electron chi connectivity index (χ2n) is 7.14. The van der Waals surface area contributed by atoms with Gasteiger partial charge in [-0.1, -0.05) is 13.8 Å². The number of carbonyl (C=O) groups is 2. The maximum atomic E-state index is 12.7. The minimum absolute atomic E-state index is 0.00334. The smallest absolute Gasteiger partial charge is 0.226 e. The molecule has 25 heavy (non-hydrogen) atoms. The van der Waals surface area contributed by atoms with Gasteiger partial charge in [-0.15, -0.1) is 0 Å². The zero-order valence-corrected chi connectivity index (χ0v) is 16.1. The van der Waals surface area contributed by atoms with Gasteiger partial charge in [-0.05, 0) is 49.9 Å². The van der Waals surface area contributed by atoms with Crippen molar-refractivity contribution in [1.82, 2.24) is 4.90 Å². The normalized spacial score (nSPS) is 14.8. The van der Waals surface area contributed by atoms with Gasteiger partial charge in [0.1, 0.15) is 0 Å². The van der Waals surface area contributed by atoms with Crippen LogP contribution in [0, 0.1) is 5.92 Å². The number of hydrogen-bond donors (Lipinski definition) is 1. The molecule has 0 heterocycles. The highest BCUT2D eigenvalue weighted by molar-refractivity contribution is 5.91. The van der Waals surface area contributed by atoms with Gasteiger partial charge in [-0.3, -0.25) is 9.59 Å². The highest BCUT2D eigenvalue weighted by atomic mass is 16.2. The molecule has 1 atom stereocenters. The van der Waals surface area contributed by atoms with Crippen LogP contribution in [0.15, 0.2) is 18.2 Å². The number of nitrogens with zero attached hydrogens (tertiary/aromatic N) is 2. The molecule has 0 aromatic heterocycles. The van der Waals surface area contributed by atoms with E-state index in [4.69, 9.17) is 0 Å². The predicted octanol–water partition coefficient (Wildman–Crippen LogP) is 3.64. The van der Waals surface area contributed by atoms with Gasteiger partial charge in [0.25, 0.3) is 0 Å². The van der Waals surface area contributed by atoms with E-state index in [-0.39, 0.29) is 23.8 Å². The van der Waals surface area contributed by atoms with Crippen LogP contribution in [-0.2, 0) is 16.1 Å². The molecular weight excluding hydrogens is 314 g/mol. The maximum absolute atomic E-state index is 12.7. The van der Waals surface area contributed by atoms with E-state index in [2.05, 4.69) is 24.1 Å². The SMILES string of the molecule is CCC(=O)Nc1ccc(N(C)C)c(CN(C(=O)C2CC2)[C@@H](C)CC)c1. The number of anilines is 2. The first kappa shape index (κ1) is 19.3. The van der Waals surface area contributed by atoms with Gasteiger partial charge >= 0.3 is 0 Å². The van der Waals surface area contributed by atoms with Crippen LogP contribution >= 0.6 is 0 Å². The van der Waals surface area contributed by atoms with Crippen molar-refractivity contribution in [3.8, 4) is 0 Å². The fourth-order valence-electron chi connectivity index (χ4n) is 2.90. The van der Waals surface area contributed by atoms with Crippen LogP contribution in [0.25, 0.3) is 0 Å². The largest absolute Gasteiger partial charge is 0.377 e. The molecule has 0 radical (unpaired) electrons. The molecule has 138 valence electrons. The summed E-state index contributed by atoms with van der Waals surface area (Å²) < 4.78 is 0. The fraction of sp³-hybridized carbons (Fsp3) is 0.600. The van der Waals surface area contributed by atoms with Gasteiger partial charge in [0.05, 0.1) is 0 Å². The summed E-state index contributed by atoms with van der Waals surface area (Å²) in [6, 6.07) is 6.13. The van der Waals surface area contributed by atoms with Crippen LogP contribution in [0.4, 0.5) is 11.4 Å². The lowest BCUT2D eigenvalue weighted by Gasteiger charge is -2.31. The third-order valence-corrected chi connectivity index (χ3v) is 4.84. The van der Waals surface area contributed by atoms with Gasteiger partial charge in [0.15, 0.2) is 0 Å². The van der Waals surface area contributed by atoms with Crippen LogP contribution in [0.3, 0.4) is 0 Å². The van der Waals surface area contributed by atoms with Crippen molar-refractivity contribution >= 4 is 23.2 Å². The second kappa shape index (κ2) is 8.37. The van der Waals surface area contributed by atoms with E-state index in [1.165, 1.54) is 0 Å². The third-order valence-electron chi connectivity index (χ3n) is 4.84. The molecule has 0 saturated heterocycles. The number of hydrogen-bond acceptors (Lipinski definition) is 3. The molecule has 5 nitrogen and oxygen atoms in total. The molecule has 0 spiro atoms. The number of amides is 2. The molecule has 1 aromatic carbocycles. The minimum atomic E-state index is -0.00334. The Morgan fingerprint density at radius 3 is 2.44 bits per heavy atom. The zero-order chi connectivity index (χ0) is 18.6. The Kier molecular flexibility index (Phi) is 6.45. The Bertz CT molecular complexity index is 623. The standard InChI is InChI=1S/C20H31N3O2/c1-6-14(3)23(20(25)15-8-9-15)13-16-12-17(21-19(24)7-2)10-11-18(16)22(4)5/h10-12,14-15H,6-9,13H2,1-5H3,(H,21,24)/t14-/m0/s1. The summed E-state index contributed by atoms with van der Waals surface area (Å²) in [7, 11) is 4.00. The van der Waals surface area contributed by atoms with Crippen LogP contribution < -0.4 is 10.2 Å². The molecule has 2 amide bonds. The van der Waals surface area contributed by atoms with Crippen molar-refractivity contribution in [2.45, 2.75) is 59.0 Å². The molecule has 1 aromatic rings. The highest BCUT2D eigenvalue weighted by Gasteiger charge is 2.35. The summed E-state index contributed by atoms with van der Waals surface area (Å²) >= 11 is 0. The minimum Gasteiger partial charge on any atom is -0.377 e. The average molecular weight is 345 g/mol. The first-order valence-corrected chi connectivity index (χ1v) is 9.27. The molecule has 5 heteroatoms. The topological polar surface area (TPSA) is 52.7 Å². The molecule has 0 bridgehead atoms. The lowest BCUT2D eigenvalue weighted by atomic mass is 10.1. The van der Waals surface area contributed by atoms with Crippen molar-refractivity contribution in [1.29, 1.82) is 0 Å². The van der Waals surface area contributed by atoms with E-state index >= 15 is 0 Å². The quantitative estimate of drug-likeness (QED) is 0.782. The summed E-state index contributed by atoms with van der Waals surface area (Å²) in [5.74, 6) is 0.471. The van der Waals surface area contributed by atoms with Gasteiger partial charge in [-0.2, -0.15) is 0 Å². The van der Waals surface area contributed by atoms with Crippen LogP contribution in [0.5, 0.6) is 0 Å². The molecular formula is C20H31N3O2. The van der Waals surface area contributed by atoms with Gasteiger partial charge in [0, 0.05) is 50.4 Å². The Morgan fingerprint density at radius 2 is 1.92 bits per heavy atom. The van der Waals surface area contributed by atoms with Crippen molar-refractivity contribution in [3.05, 3.63) is 23.8 Å². The van der Waals surface area contributed by atoms with Crippen LogP contribution in [-0.4, -0.2) is 36.9 Å². The Hall–Kier alpha value is -2.04. The summed E-state index contributed by atoms with van der Waals surface area (Å²) in [4.78, 5) is 28.5. The number of carbonyl (C=O) groups excluding carboxylic acids is 2. The lowest BCUT2D eigenvalue weighted by Crippen LogP contribution is -2.39. The number of benzene rings is 1. The summed E-state index contributed by atoms with van der Waals surface area (Å²) in [5, 5.41) is 2.92. The van der Waals surface area contributed by atoms with Crippen LogP contribution in [0.2, 0.25) is 0 Å². The Balaban J connectivity index is 2.30. The molecule has 1 N–H and O–H groups in total. The molecule has 0 aliphatic heterocycles. The molecule has 0 unspecified atom stereocenters. The first-order chi connectivity index (χ1) is 11.9. The summed E-state index contributed by atoms with van der Waals surface area (Å²) in [5.41, 5.74) is 2.93. The highest BCUT2D eigenvalue weighted by Crippen LogP contribution is 2.33. The Morgan fingerprint density at radius 1 is 1.24 bits per heavy atom. The molecule has 1 aliphatic carbocycles. The van der Waals surface area contributed by atoms with Crippen LogP contribution in [0.1, 0.15) is 52.0 Å². The van der Waals surface area contributed by atoms with Gasteiger partial charge in [0.2, 0.25) is 11.8 Å². The molecule has 1 saturated carbocycles. The van der Waals surface area contributed by atoms with Crippen molar-refractivity contribution < 1.29 is 9.59 Å². The van der Waals surface area contributed by atoms with E-state index in [1.54, 1.807) is 0 Å². The monoisotopic (exact) mass is 345 g/mol. The summed E-state index contributed by atoms with van der Waals surface area (Å²) in [6.07, 6.45) is 3.41. The molecule has 1 aliphatic rings. The maximum Gasteiger partial charge on any atom is 0.226 e. The van der Waals surface area contributed by atoms with Crippen molar-refractivity contribution in [2.24, 2.45) is 5.92 Å². The summed E-state index contributed by atoms with van der Waals surface area (Å²) in [6.45, 7) is 6.64. The van der Waals surface area contributed by atoms with Crippen molar-refractivity contribution in [2.75, 3.05) is 24.3 Å².